The van der Waals surface area contributed by atoms with E-state index in [1.165, 1.54) is 4.57 Å². The van der Waals surface area contributed by atoms with E-state index < -0.39 is 17.2 Å². The number of fused-ring (bicyclic) bond motifs is 1. The Labute approximate surface area is 179 Å². The molecule has 2 heterocycles. The highest BCUT2D eigenvalue weighted by atomic mass is 35.5. The third-order valence-electron chi connectivity index (χ3n) is 4.79. The SMILES string of the molecule is Cc1cc(Cl)ccc1NC(=O)c1cc(C(C)C)nc2c1c(=O)[nH]c(=O)n2CC(C)C. The number of halogens is 1. The van der Waals surface area contributed by atoms with Gasteiger partial charge in [0.05, 0.1) is 10.9 Å². The predicted molar refractivity (Wildman–Crippen MR) is 120 cm³/mol. The lowest BCUT2D eigenvalue weighted by molar-refractivity contribution is 0.102. The quantitative estimate of drug-likeness (QED) is 0.639. The summed E-state index contributed by atoms with van der Waals surface area (Å²) in [5, 5.41) is 3.52. The molecular formula is C22H25ClN4O3. The second-order valence-corrected chi connectivity index (χ2v) is 8.56. The van der Waals surface area contributed by atoms with Gasteiger partial charge in [0, 0.05) is 22.9 Å². The molecule has 3 rings (SSSR count). The van der Waals surface area contributed by atoms with Gasteiger partial charge in [-0.2, -0.15) is 0 Å². The number of hydrogen-bond donors (Lipinski definition) is 2. The lowest BCUT2D eigenvalue weighted by Gasteiger charge is -2.16. The van der Waals surface area contributed by atoms with Crippen LogP contribution in [0.1, 0.15) is 55.2 Å². The molecule has 7 nitrogen and oxygen atoms in total. The average molecular weight is 429 g/mol. The molecule has 0 saturated carbocycles. The van der Waals surface area contributed by atoms with Crippen molar-refractivity contribution < 1.29 is 4.79 Å². The molecule has 1 amide bonds. The van der Waals surface area contributed by atoms with E-state index in [0.717, 1.165) is 5.56 Å². The molecule has 2 aromatic heterocycles. The van der Waals surface area contributed by atoms with Crippen LogP contribution in [0.4, 0.5) is 5.69 Å². The van der Waals surface area contributed by atoms with Crippen molar-refractivity contribution in [3.05, 3.63) is 66.9 Å². The number of hydrogen-bond acceptors (Lipinski definition) is 4. The predicted octanol–water partition coefficient (Wildman–Crippen LogP) is 4.08. The van der Waals surface area contributed by atoms with Crippen molar-refractivity contribution in [2.24, 2.45) is 5.92 Å². The smallest absolute Gasteiger partial charge is 0.322 e. The van der Waals surface area contributed by atoms with E-state index >= 15 is 0 Å². The second kappa shape index (κ2) is 8.44. The largest absolute Gasteiger partial charge is 0.330 e. The highest BCUT2D eigenvalue weighted by Gasteiger charge is 2.21. The van der Waals surface area contributed by atoms with Gasteiger partial charge < -0.3 is 5.32 Å². The van der Waals surface area contributed by atoms with Crippen molar-refractivity contribution in [1.29, 1.82) is 0 Å². The number of aromatic nitrogens is 3. The highest BCUT2D eigenvalue weighted by molar-refractivity contribution is 6.30. The number of carbonyl (C=O) groups is 1. The molecule has 0 spiro atoms. The summed E-state index contributed by atoms with van der Waals surface area (Å²) in [6, 6.07) is 6.75. The third-order valence-corrected chi connectivity index (χ3v) is 5.02. The van der Waals surface area contributed by atoms with Crippen LogP contribution >= 0.6 is 11.6 Å². The minimum atomic E-state index is -0.629. The van der Waals surface area contributed by atoms with E-state index in [9.17, 15) is 14.4 Å². The van der Waals surface area contributed by atoms with E-state index in [1.807, 2.05) is 34.6 Å². The summed E-state index contributed by atoms with van der Waals surface area (Å²) in [6.45, 7) is 10.0. The first-order valence-corrected chi connectivity index (χ1v) is 10.2. The summed E-state index contributed by atoms with van der Waals surface area (Å²) in [4.78, 5) is 45.3. The number of carbonyl (C=O) groups excluding carboxylic acids is 1. The van der Waals surface area contributed by atoms with Crippen LogP contribution in [0.3, 0.4) is 0 Å². The monoisotopic (exact) mass is 428 g/mol. The maximum atomic E-state index is 13.2. The molecule has 0 aliphatic heterocycles. The third kappa shape index (κ3) is 4.31. The average Bonchev–Trinajstić information content (AvgIpc) is 2.65. The van der Waals surface area contributed by atoms with Crippen molar-refractivity contribution in [1.82, 2.24) is 14.5 Å². The van der Waals surface area contributed by atoms with E-state index in [0.29, 0.717) is 22.9 Å². The van der Waals surface area contributed by atoms with Gasteiger partial charge in [-0.25, -0.2) is 9.78 Å². The lowest BCUT2D eigenvalue weighted by atomic mass is 10.0. The summed E-state index contributed by atoms with van der Waals surface area (Å²) < 4.78 is 1.43. The van der Waals surface area contributed by atoms with Gasteiger partial charge in [-0.3, -0.25) is 19.1 Å². The number of amides is 1. The van der Waals surface area contributed by atoms with E-state index in [4.69, 9.17) is 11.6 Å². The number of pyridine rings is 1. The molecule has 30 heavy (non-hydrogen) atoms. The van der Waals surface area contributed by atoms with Crippen LogP contribution in [0.25, 0.3) is 11.0 Å². The van der Waals surface area contributed by atoms with Crippen LogP contribution in [0.2, 0.25) is 5.02 Å². The van der Waals surface area contributed by atoms with Gasteiger partial charge in [0.25, 0.3) is 11.5 Å². The zero-order valence-electron chi connectivity index (χ0n) is 17.7. The molecule has 0 radical (unpaired) electrons. The number of benzene rings is 1. The molecule has 2 N–H and O–H groups in total. The molecule has 0 saturated heterocycles. The molecule has 158 valence electrons. The van der Waals surface area contributed by atoms with Crippen LogP contribution < -0.4 is 16.6 Å². The Morgan fingerprint density at radius 2 is 1.90 bits per heavy atom. The number of rotatable bonds is 5. The fraction of sp³-hybridized carbons (Fsp3) is 0.364. The normalized spacial score (nSPS) is 11.5. The van der Waals surface area contributed by atoms with E-state index in [2.05, 4.69) is 15.3 Å². The second-order valence-electron chi connectivity index (χ2n) is 8.13. The first-order chi connectivity index (χ1) is 14.1. The number of nitrogens with zero attached hydrogens (tertiary/aromatic N) is 2. The number of aromatic amines is 1. The first-order valence-electron chi connectivity index (χ1n) is 9.83. The van der Waals surface area contributed by atoms with Crippen molar-refractivity contribution >= 4 is 34.2 Å². The van der Waals surface area contributed by atoms with Gasteiger partial charge in [-0.15, -0.1) is 0 Å². The standard InChI is InChI=1S/C22H25ClN4O3/c1-11(2)10-27-19-18(21(29)26-22(27)30)15(9-17(24-19)12(3)4)20(28)25-16-7-6-14(23)8-13(16)5/h6-9,11-12H,10H2,1-5H3,(H,25,28)(H,26,29,30). The Bertz CT molecular complexity index is 1240. The molecular weight excluding hydrogens is 404 g/mol. The maximum absolute atomic E-state index is 13.2. The highest BCUT2D eigenvalue weighted by Crippen LogP contribution is 2.23. The molecule has 0 aliphatic rings. The van der Waals surface area contributed by atoms with Gasteiger partial charge in [-0.1, -0.05) is 39.3 Å². The minimum Gasteiger partial charge on any atom is -0.322 e. The van der Waals surface area contributed by atoms with Crippen LogP contribution in [-0.2, 0) is 6.54 Å². The van der Waals surface area contributed by atoms with Crippen molar-refractivity contribution in [2.45, 2.75) is 47.1 Å². The van der Waals surface area contributed by atoms with E-state index in [1.54, 1.807) is 24.3 Å². The molecule has 0 fully saturated rings. The summed E-state index contributed by atoms with van der Waals surface area (Å²) in [5.41, 5.74) is 1.25. The van der Waals surface area contributed by atoms with Crippen molar-refractivity contribution in [2.75, 3.05) is 5.32 Å². The van der Waals surface area contributed by atoms with Gasteiger partial charge in [0.2, 0.25) is 0 Å². The maximum Gasteiger partial charge on any atom is 0.330 e. The van der Waals surface area contributed by atoms with E-state index in [-0.39, 0.29) is 28.4 Å². The molecule has 1 aromatic carbocycles. The fourth-order valence-corrected chi connectivity index (χ4v) is 3.49. The molecule has 3 aromatic rings. The lowest BCUT2D eigenvalue weighted by Crippen LogP contribution is -2.33. The van der Waals surface area contributed by atoms with Gasteiger partial charge in [0.15, 0.2) is 5.65 Å². The fourth-order valence-electron chi connectivity index (χ4n) is 3.26. The Morgan fingerprint density at radius 3 is 2.50 bits per heavy atom. The first kappa shape index (κ1) is 21.8. The number of nitrogens with one attached hydrogen (secondary N) is 2. The van der Waals surface area contributed by atoms with Crippen LogP contribution in [0, 0.1) is 12.8 Å². The number of aryl methyl sites for hydroxylation is 1. The van der Waals surface area contributed by atoms with Crippen molar-refractivity contribution in [3.8, 4) is 0 Å². The summed E-state index contributed by atoms with van der Waals surface area (Å²) in [5.74, 6) is -0.301. The Hall–Kier alpha value is -2.93. The van der Waals surface area contributed by atoms with Gasteiger partial charge in [0.1, 0.15) is 0 Å². The summed E-state index contributed by atoms with van der Waals surface area (Å²) >= 11 is 6.00. The Kier molecular flexibility index (Phi) is 6.12. The van der Waals surface area contributed by atoms with Crippen LogP contribution in [0.15, 0.2) is 33.9 Å². The number of anilines is 1. The van der Waals surface area contributed by atoms with Crippen LogP contribution in [0.5, 0.6) is 0 Å². The minimum absolute atomic E-state index is 0.0000998. The Morgan fingerprint density at radius 1 is 1.20 bits per heavy atom. The molecule has 0 bridgehead atoms. The van der Waals surface area contributed by atoms with Crippen LogP contribution in [-0.4, -0.2) is 20.4 Å². The molecule has 8 heteroatoms. The van der Waals surface area contributed by atoms with Gasteiger partial charge in [-0.05, 0) is 48.6 Å². The van der Waals surface area contributed by atoms with Crippen molar-refractivity contribution in [3.63, 3.8) is 0 Å². The zero-order valence-corrected chi connectivity index (χ0v) is 18.4. The zero-order chi connectivity index (χ0) is 22.2. The van der Waals surface area contributed by atoms with Gasteiger partial charge >= 0.3 is 5.69 Å². The molecule has 0 unspecified atom stereocenters. The molecule has 0 aliphatic carbocycles. The Balaban J connectivity index is 2.26. The topological polar surface area (TPSA) is 96.8 Å². The summed E-state index contributed by atoms with van der Waals surface area (Å²) in [7, 11) is 0. The molecule has 0 atom stereocenters. The summed E-state index contributed by atoms with van der Waals surface area (Å²) in [6.07, 6.45) is 0. The number of H-pyrrole nitrogens is 1.